The molecule has 0 atom stereocenters. The maximum atomic E-state index is 11.5. The van der Waals surface area contributed by atoms with Crippen LogP contribution in [0.15, 0.2) is 48.7 Å². The average molecular weight is 309 g/mol. The van der Waals surface area contributed by atoms with E-state index in [2.05, 4.69) is 4.98 Å². The molecular weight excluding hydrogens is 290 g/mol. The fraction of sp³-hybridized carbons (Fsp3) is 0.211. The number of aryl methyl sites for hydroxylation is 1. The van der Waals surface area contributed by atoms with Crippen molar-refractivity contribution in [2.45, 2.75) is 20.0 Å². The molecule has 4 nitrogen and oxygen atoms in total. The van der Waals surface area contributed by atoms with Gasteiger partial charge in [-0.2, -0.15) is 0 Å². The summed E-state index contributed by atoms with van der Waals surface area (Å²) < 4.78 is 10.7. The van der Waals surface area contributed by atoms with Crippen molar-refractivity contribution in [2.75, 3.05) is 7.11 Å². The van der Waals surface area contributed by atoms with Gasteiger partial charge in [-0.15, -0.1) is 0 Å². The molecule has 118 valence electrons. The van der Waals surface area contributed by atoms with Crippen molar-refractivity contribution >= 4 is 16.9 Å². The van der Waals surface area contributed by atoms with Crippen molar-refractivity contribution in [1.29, 1.82) is 0 Å². The van der Waals surface area contributed by atoms with E-state index in [1.807, 2.05) is 55.6 Å². The van der Waals surface area contributed by atoms with Crippen LogP contribution in [0.25, 0.3) is 10.9 Å². The number of aromatic amines is 1. The predicted molar refractivity (Wildman–Crippen MR) is 89.5 cm³/mol. The van der Waals surface area contributed by atoms with Gasteiger partial charge in [0.05, 0.1) is 13.5 Å². The van der Waals surface area contributed by atoms with Crippen molar-refractivity contribution in [2.24, 2.45) is 0 Å². The third kappa shape index (κ3) is 3.37. The van der Waals surface area contributed by atoms with Gasteiger partial charge < -0.3 is 14.5 Å². The first kappa shape index (κ1) is 15.2. The lowest BCUT2D eigenvalue weighted by atomic mass is 10.1. The Hall–Kier alpha value is -2.75. The Morgan fingerprint density at radius 3 is 2.70 bits per heavy atom. The molecule has 0 saturated carbocycles. The second-order valence-electron chi connectivity index (χ2n) is 5.50. The number of rotatable bonds is 5. The normalized spacial score (nSPS) is 10.7. The molecule has 0 saturated heterocycles. The highest BCUT2D eigenvalue weighted by molar-refractivity contribution is 5.89. The molecule has 1 N–H and O–H groups in total. The smallest absolute Gasteiger partial charge is 0.310 e. The van der Waals surface area contributed by atoms with Crippen LogP contribution in [-0.4, -0.2) is 18.1 Å². The fourth-order valence-electron chi connectivity index (χ4n) is 2.58. The Balaban J connectivity index is 1.86. The number of fused-ring (bicyclic) bond motifs is 1. The van der Waals surface area contributed by atoms with E-state index >= 15 is 0 Å². The number of esters is 1. The number of carbonyl (C=O) groups excluding carboxylic acids is 1. The number of nitrogens with one attached hydrogen (secondary N) is 1. The Kier molecular flexibility index (Phi) is 4.33. The fourth-order valence-corrected chi connectivity index (χ4v) is 2.58. The summed E-state index contributed by atoms with van der Waals surface area (Å²) >= 11 is 0. The Bertz CT molecular complexity index is 821. The van der Waals surface area contributed by atoms with E-state index in [9.17, 15) is 4.79 Å². The molecule has 0 unspecified atom stereocenters. The largest absolute Gasteiger partial charge is 0.489 e. The first-order valence-corrected chi connectivity index (χ1v) is 7.51. The van der Waals surface area contributed by atoms with Crippen molar-refractivity contribution in [3.05, 3.63) is 65.4 Å². The van der Waals surface area contributed by atoms with Gasteiger partial charge in [0.15, 0.2) is 0 Å². The lowest BCUT2D eigenvalue weighted by molar-refractivity contribution is -0.139. The zero-order chi connectivity index (χ0) is 16.2. The van der Waals surface area contributed by atoms with Gasteiger partial charge in [0.25, 0.3) is 0 Å². The monoisotopic (exact) mass is 309 g/mol. The van der Waals surface area contributed by atoms with Gasteiger partial charge in [0, 0.05) is 17.1 Å². The minimum Gasteiger partial charge on any atom is -0.489 e. The number of H-pyrrole nitrogens is 1. The molecule has 0 spiro atoms. The maximum Gasteiger partial charge on any atom is 0.310 e. The van der Waals surface area contributed by atoms with Crippen LogP contribution in [0.3, 0.4) is 0 Å². The SMILES string of the molecule is COC(=O)Cc1c[nH]c2cc(C)c(OCc3ccccc3)cc12. The van der Waals surface area contributed by atoms with Crippen LogP contribution in [0.4, 0.5) is 0 Å². The van der Waals surface area contributed by atoms with E-state index in [0.717, 1.165) is 33.3 Å². The van der Waals surface area contributed by atoms with Crippen LogP contribution in [0.2, 0.25) is 0 Å². The average Bonchev–Trinajstić information content (AvgIpc) is 2.95. The van der Waals surface area contributed by atoms with Crippen molar-refractivity contribution in [3.63, 3.8) is 0 Å². The van der Waals surface area contributed by atoms with E-state index in [0.29, 0.717) is 6.61 Å². The molecule has 0 bridgehead atoms. The topological polar surface area (TPSA) is 51.3 Å². The summed E-state index contributed by atoms with van der Waals surface area (Å²) in [6, 6.07) is 14.1. The third-order valence-corrected chi connectivity index (χ3v) is 3.86. The Labute approximate surface area is 135 Å². The number of ether oxygens (including phenoxy) is 2. The summed E-state index contributed by atoms with van der Waals surface area (Å²) in [6.07, 6.45) is 2.10. The van der Waals surface area contributed by atoms with Gasteiger partial charge in [-0.1, -0.05) is 30.3 Å². The number of hydrogen-bond acceptors (Lipinski definition) is 3. The predicted octanol–water partition coefficient (Wildman–Crippen LogP) is 3.77. The number of carbonyl (C=O) groups is 1. The van der Waals surface area contributed by atoms with Gasteiger partial charge in [0.1, 0.15) is 12.4 Å². The standard InChI is InChI=1S/C19H19NO3/c1-13-8-17-16(15(11-20-17)9-19(21)22-2)10-18(13)23-12-14-6-4-3-5-7-14/h3-8,10-11,20H,9,12H2,1-2H3. The highest BCUT2D eigenvalue weighted by atomic mass is 16.5. The first-order valence-electron chi connectivity index (χ1n) is 7.51. The second-order valence-corrected chi connectivity index (χ2v) is 5.50. The number of methoxy groups -OCH3 is 1. The van der Waals surface area contributed by atoms with E-state index in [1.54, 1.807) is 0 Å². The van der Waals surface area contributed by atoms with Crippen LogP contribution in [0, 0.1) is 6.92 Å². The summed E-state index contributed by atoms with van der Waals surface area (Å²) in [5.41, 5.74) is 4.08. The molecule has 0 aliphatic heterocycles. The summed E-state index contributed by atoms with van der Waals surface area (Å²) in [4.78, 5) is 14.7. The molecule has 0 amide bonds. The molecule has 0 radical (unpaired) electrons. The van der Waals surface area contributed by atoms with E-state index in [-0.39, 0.29) is 12.4 Å². The molecule has 1 aromatic heterocycles. The molecule has 3 rings (SSSR count). The quantitative estimate of drug-likeness (QED) is 0.730. The van der Waals surface area contributed by atoms with Crippen LogP contribution in [0.1, 0.15) is 16.7 Å². The molecule has 4 heteroatoms. The van der Waals surface area contributed by atoms with Crippen molar-refractivity contribution in [1.82, 2.24) is 4.98 Å². The van der Waals surface area contributed by atoms with Gasteiger partial charge in [0.2, 0.25) is 0 Å². The highest BCUT2D eigenvalue weighted by Gasteiger charge is 2.11. The van der Waals surface area contributed by atoms with Crippen LogP contribution < -0.4 is 4.74 Å². The molecule has 0 fully saturated rings. The summed E-state index contributed by atoms with van der Waals surface area (Å²) in [7, 11) is 1.40. The van der Waals surface area contributed by atoms with Gasteiger partial charge in [-0.3, -0.25) is 4.79 Å². The molecule has 3 aromatic rings. The minimum absolute atomic E-state index is 0.248. The van der Waals surface area contributed by atoms with Gasteiger partial charge >= 0.3 is 5.97 Å². The third-order valence-electron chi connectivity index (χ3n) is 3.86. The summed E-state index contributed by atoms with van der Waals surface area (Å²) in [6.45, 7) is 2.53. The van der Waals surface area contributed by atoms with Crippen LogP contribution >= 0.6 is 0 Å². The van der Waals surface area contributed by atoms with Crippen LogP contribution in [0.5, 0.6) is 5.75 Å². The lowest BCUT2D eigenvalue weighted by Crippen LogP contribution is -2.03. The number of aromatic nitrogens is 1. The second kappa shape index (κ2) is 6.57. The number of hydrogen-bond donors (Lipinski definition) is 1. The highest BCUT2D eigenvalue weighted by Crippen LogP contribution is 2.28. The Morgan fingerprint density at radius 2 is 1.96 bits per heavy atom. The van der Waals surface area contributed by atoms with Crippen LogP contribution in [-0.2, 0) is 22.6 Å². The lowest BCUT2D eigenvalue weighted by Gasteiger charge is -2.10. The molecule has 2 aromatic carbocycles. The Morgan fingerprint density at radius 1 is 1.17 bits per heavy atom. The summed E-state index contributed by atoms with van der Waals surface area (Å²) in [5.74, 6) is 0.574. The number of benzene rings is 2. The van der Waals surface area contributed by atoms with Crippen molar-refractivity contribution < 1.29 is 14.3 Å². The van der Waals surface area contributed by atoms with E-state index in [1.165, 1.54) is 7.11 Å². The molecule has 0 aliphatic rings. The minimum atomic E-state index is -0.252. The summed E-state index contributed by atoms with van der Waals surface area (Å²) in [5, 5.41) is 0.990. The van der Waals surface area contributed by atoms with E-state index in [4.69, 9.17) is 9.47 Å². The molecule has 0 aliphatic carbocycles. The maximum absolute atomic E-state index is 11.5. The first-order chi connectivity index (χ1) is 11.2. The molecule has 1 heterocycles. The van der Waals surface area contributed by atoms with E-state index < -0.39 is 0 Å². The van der Waals surface area contributed by atoms with Crippen molar-refractivity contribution in [3.8, 4) is 5.75 Å². The molecule has 23 heavy (non-hydrogen) atoms. The van der Waals surface area contributed by atoms with Gasteiger partial charge in [-0.05, 0) is 35.7 Å². The zero-order valence-corrected chi connectivity index (χ0v) is 13.3. The zero-order valence-electron chi connectivity index (χ0n) is 13.3. The molecular formula is C19H19NO3. The van der Waals surface area contributed by atoms with Gasteiger partial charge in [-0.25, -0.2) is 0 Å².